The first-order valence-corrected chi connectivity index (χ1v) is 7.70. The van der Waals surface area contributed by atoms with Crippen molar-refractivity contribution in [3.05, 3.63) is 23.3 Å². The molecule has 5 nitrogen and oxygen atoms in total. The minimum atomic E-state index is -0.0867. The second-order valence-electron chi connectivity index (χ2n) is 6.25. The predicted molar refractivity (Wildman–Crippen MR) is 86.8 cm³/mol. The Morgan fingerprint density at radius 1 is 1.23 bits per heavy atom. The van der Waals surface area contributed by atoms with Gasteiger partial charge >= 0.3 is 0 Å². The zero-order valence-corrected chi connectivity index (χ0v) is 13.9. The maximum atomic E-state index is 12.4. The standard InChI is InChI=1S/C17H26N2O3/c1-12-14(21-3)9-13(10-15(12)22-4)16(20)19-11-17(2)5-7-18-8-6-17/h9-10,18H,5-8,11H2,1-4H3,(H,19,20). The molecule has 22 heavy (non-hydrogen) atoms. The highest BCUT2D eigenvalue weighted by atomic mass is 16.5. The van der Waals surface area contributed by atoms with Crippen molar-refractivity contribution in [2.24, 2.45) is 5.41 Å². The summed E-state index contributed by atoms with van der Waals surface area (Å²) >= 11 is 0. The van der Waals surface area contributed by atoms with Gasteiger partial charge in [0.25, 0.3) is 5.91 Å². The number of nitrogens with one attached hydrogen (secondary N) is 2. The smallest absolute Gasteiger partial charge is 0.251 e. The lowest BCUT2D eigenvalue weighted by molar-refractivity contribution is 0.0921. The molecule has 1 saturated heterocycles. The lowest BCUT2D eigenvalue weighted by Gasteiger charge is -2.34. The highest BCUT2D eigenvalue weighted by Crippen LogP contribution is 2.30. The third-order valence-corrected chi connectivity index (χ3v) is 4.50. The molecular weight excluding hydrogens is 280 g/mol. The van der Waals surface area contributed by atoms with E-state index < -0.39 is 0 Å². The van der Waals surface area contributed by atoms with E-state index in [2.05, 4.69) is 17.6 Å². The topological polar surface area (TPSA) is 59.6 Å². The molecule has 1 aromatic rings. The van der Waals surface area contributed by atoms with E-state index >= 15 is 0 Å². The van der Waals surface area contributed by atoms with Crippen molar-refractivity contribution in [1.29, 1.82) is 0 Å². The Morgan fingerprint density at radius 3 is 2.27 bits per heavy atom. The molecule has 1 aliphatic heterocycles. The van der Waals surface area contributed by atoms with Crippen LogP contribution < -0.4 is 20.1 Å². The minimum Gasteiger partial charge on any atom is -0.496 e. The van der Waals surface area contributed by atoms with Gasteiger partial charge in [0.05, 0.1) is 14.2 Å². The normalized spacial score (nSPS) is 16.9. The van der Waals surface area contributed by atoms with Crippen molar-refractivity contribution in [3.8, 4) is 11.5 Å². The van der Waals surface area contributed by atoms with Crippen LogP contribution in [0.3, 0.4) is 0 Å². The van der Waals surface area contributed by atoms with Gasteiger partial charge in [-0.15, -0.1) is 0 Å². The van der Waals surface area contributed by atoms with Gasteiger partial charge in [-0.05, 0) is 50.4 Å². The number of piperidine rings is 1. The van der Waals surface area contributed by atoms with Crippen LogP contribution in [0, 0.1) is 12.3 Å². The average Bonchev–Trinajstić information content (AvgIpc) is 2.53. The molecule has 0 radical (unpaired) electrons. The van der Waals surface area contributed by atoms with Crippen LogP contribution in [0.15, 0.2) is 12.1 Å². The third kappa shape index (κ3) is 3.71. The van der Waals surface area contributed by atoms with Crippen molar-refractivity contribution in [1.82, 2.24) is 10.6 Å². The van der Waals surface area contributed by atoms with E-state index in [1.807, 2.05) is 6.92 Å². The number of hydrogen-bond acceptors (Lipinski definition) is 4. The summed E-state index contributed by atoms with van der Waals surface area (Å²) < 4.78 is 10.6. The van der Waals surface area contributed by atoms with Gasteiger partial charge in [0.1, 0.15) is 11.5 Å². The van der Waals surface area contributed by atoms with Crippen LogP contribution >= 0.6 is 0 Å². The van der Waals surface area contributed by atoms with Gasteiger partial charge < -0.3 is 20.1 Å². The molecule has 122 valence electrons. The molecular formula is C17H26N2O3. The van der Waals surface area contributed by atoms with Crippen molar-refractivity contribution >= 4 is 5.91 Å². The molecule has 1 aliphatic rings. The summed E-state index contributed by atoms with van der Waals surface area (Å²) in [5.41, 5.74) is 1.63. The molecule has 1 heterocycles. The fraction of sp³-hybridized carbons (Fsp3) is 0.588. The molecule has 0 bridgehead atoms. The van der Waals surface area contributed by atoms with E-state index in [1.54, 1.807) is 26.4 Å². The van der Waals surface area contributed by atoms with E-state index in [0.717, 1.165) is 31.5 Å². The number of methoxy groups -OCH3 is 2. The summed E-state index contributed by atoms with van der Waals surface area (Å²) in [6.07, 6.45) is 2.15. The van der Waals surface area contributed by atoms with Gasteiger partial charge in [-0.2, -0.15) is 0 Å². The first kappa shape index (κ1) is 16.6. The Hall–Kier alpha value is -1.75. The van der Waals surface area contributed by atoms with Crippen LogP contribution in [0.4, 0.5) is 0 Å². The fourth-order valence-corrected chi connectivity index (χ4v) is 2.82. The molecule has 1 aromatic carbocycles. The molecule has 0 aliphatic carbocycles. The summed E-state index contributed by atoms with van der Waals surface area (Å²) in [4.78, 5) is 12.4. The molecule has 1 fully saturated rings. The third-order valence-electron chi connectivity index (χ3n) is 4.50. The second kappa shape index (κ2) is 7.01. The molecule has 0 spiro atoms. The lowest BCUT2D eigenvalue weighted by Crippen LogP contribution is -2.42. The number of ether oxygens (including phenoxy) is 2. The highest BCUT2D eigenvalue weighted by molar-refractivity contribution is 5.95. The van der Waals surface area contributed by atoms with Crippen LogP contribution in [0.25, 0.3) is 0 Å². The molecule has 1 amide bonds. The minimum absolute atomic E-state index is 0.0867. The monoisotopic (exact) mass is 306 g/mol. The van der Waals surface area contributed by atoms with Crippen molar-refractivity contribution in [2.75, 3.05) is 33.9 Å². The molecule has 0 unspecified atom stereocenters. The van der Waals surface area contributed by atoms with Crippen LogP contribution in [-0.2, 0) is 0 Å². The number of carbonyl (C=O) groups excluding carboxylic acids is 1. The molecule has 0 saturated carbocycles. The summed E-state index contributed by atoms with van der Waals surface area (Å²) in [6, 6.07) is 3.52. The number of carbonyl (C=O) groups is 1. The predicted octanol–water partition coefficient (Wildman–Crippen LogP) is 2.13. The first-order chi connectivity index (χ1) is 10.5. The fourth-order valence-electron chi connectivity index (χ4n) is 2.82. The Morgan fingerprint density at radius 2 is 1.77 bits per heavy atom. The van der Waals surface area contributed by atoms with Crippen molar-refractivity contribution in [2.45, 2.75) is 26.7 Å². The van der Waals surface area contributed by atoms with Crippen molar-refractivity contribution in [3.63, 3.8) is 0 Å². The Labute approximate surface area is 132 Å². The SMILES string of the molecule is COc1cc(C(=O)NCC2(C)CCNCC2)cc(OC)c1C. The number of rotatable bonds is 5. The Balaban J connectivity index is 2.09. The first-order valence-electron chi connectivity index (χ1n) is 7.70. The summed E-state index contributed by atoms with van der Waals surface area (Å²) in [6.45, 7) is 6.85. The Kier molecular flexibility index (Phi) is 5.29. The molecule has 2 rings (SSSR count). The van der Waals surface area contributed by atoms with Gasteiger partial charge in [-0.1, -0.05) is 6.92 Å². The van der Waals surface area contributed by atoms with Gasteiger partial charge in [-0.3, -0.25) is 4.79 Å². The van der Waals surface area contributed by atoms with Gasteiger partial charge in [0, 0.05) is 17.7 Å². The quantitative estimate of drug-likeness (QED) is 0.875. The van der Waals surface area contributed by atoms with E-state index in [4.69, 9.17) is 9.47 Å². The average molecular weight is 306 g/mol. The van der Waals surface area contributed by atoms with Crippen LogP contribution in [0.5, 0.6) is 11.5 Å². The highest BCUT2D eigenvalue weighted by Gasteiger charge is 2.27. The van der Waals surface area contributed by atoms with E-state index in [0.29, 0.717) is 23.6 Å². The van der Waals surface area contributed by atoms with E-state index in [9.17, 15) is 4.79 Å². The maximum Gasteiger partial charge on any atom is 0.251 e. The zero-order chi connectivity index (χ0) is 16.2. The largest absolute Gasteiger partial charge is 0.496 e. The van der Waals surface area contributed by atoms with Gasteiger partial charge in [0.2, 0.25) is 0 Å². The lowest BCUT2D eigenvalue weighted by atomic mass is 9.81. The summed E-state index contributed by atoms with van der Waals surface area (Å²) in [7, 11) is 3.19. The summed E-state index contributed by atoms with van der Waals surface area (Å²) in [5, 5.41) is 6.40. The number of benzene rings is 1. The Bertz CT molecular complexity index is 512. The van der Waals surface area contributed by atoms with E-state index in [1.165, 1.54) is 0 Å². The molecule has 0 atom stereocenters. The number of hydrogen-bond donors (Lipinski definition) is 2. The van der Waals surface area contributed by atoms with Crippen LogP contribution in [0.1, 0.15) is 35.7 Å². The van der Waals surface area contributed by atoms with Crippen LogP contribution in [-0.4, -0.2) is 39.8 Å². The van der Waals surface area contributed by atoms with Crippen molar-refractivity contribution < 1.29 is 14.3 Å². The van der Waals surface area contributed by atoms with Gasteiger partial charge in [0.15, 0.2) is 0 Å². The molecule has 0 aromatic heterocycles. The van der Waals surface area contributed by atoms with E-state index in [-0.39, 0.29) is 11.3 Å². The van der Waals surface area contributed by atoms with Crippen LogP contribution in [0.2, 0.25) is 0 Å². The maximum absolute atomic E-state index is 12.4. The second-order valence-corrected chi connectivity index (χ2v) is 6.25. The summed E-state index contributed by atoms with van der Waals surface area (Å²) in [5.74, 6) is 1.24. The van der Waals surface area contributed by atoms with Gasteiger partial charge in [-0.25, -0.2) is 0 Å². The molecule has 2 N–H and O–H groups in total. The molecule has 5 heteroatoms. The zero-order valence-electron chi connectivity index (χ0n) is 13.9. The number of amides is 1.